The van der Waals surface area contributed by atoms with Crippen LogP contribution in [0.1, 0.15) is 52.6 Å². The van der Waals surface area contributed by atoms with Gasteiger partial charge >= 0.3 is 5.97 Å². The van der Waals surface area contributed by atoms with Crippen LogP contribution < -0.4 is 4.74 Å². The van der Waals surface area contributed by atoms with Crippen LogP contribution in [0.2, 0.25) is 0 Å². The van der Waals surface area contributed by atoms with Gasteiger partial charge in [-0.15, -0.1) is 0 Å². The maximum Gasteiger partial charge on any atom is 0.343 e. The molecule has 3 aromatic carbocycles. The van der Waals surface area contributed by atoms with Crippen molar-refractivity contribution in [1.82, 2.24) is 0 Å². The first-order chi connectivity index (χ1) is 13.8. The highest BCUT2D eigenvalue weighted by molar-refractivity contribution is 6.09. The van der Waals surface area contributed by atoms with Crippen molar-refractivity contribution in [3.05, 3.63) is 101 Å². The van der Waals surface area contributed by atoms with Gasteiger partial charge in [-0.25, -0.2) is 4.79 Å². The van der Waals surface area contributed by atoms with Gasteiger partial charge in [0.25, 0.3) is 0 Å². The van der Waals surface area contributed by atoms with Gasteiger partial charge in [0.2, 0.25) is 5.78 Å². The van der Waals surface area contributed by atoms with Crippen molar-refractivity contribution in [3.63, 3.8) is 0 Å². The van der Waals surface area contributed by atoms with Gasteiger partial charge < -0.3 is 4.74 Å². The minimum absolute atomic E-state index is 0.0220. The summed E-state index contributed by atoms with van der Waals surface area (Å²) in [6.45, 7) is 6.36. The molecule has 0 bridgehead atoms. The van der Waals surface area contributed by atoms with Crippen LogP contribution in [0.25, 0.3) is 0 Å². The van der Waals surface area contributed by atoms with E-state index in [0.29, 0.717) is 16.9 Å². The van der Waals surface area contributed by atoms with Crippen molar-refractivity contribution < 1.29 is 14.3 Å². The van der Waals surface area contributed by atoms with Gasteiger partial charge in [-0.05, 0) is 65.4 Å². The van der Waals surface area contributed by atoms with Crippen molar-refractivity contribution in [3.8, 4) is 17.6 Å². The van der Waals surface area contributed by atoms with E-state index in [2.05, 4.69) is 32.6 Å². The van der Waals surface area contributed by atoms with Crippen molar-refractivity contribution in [1.29, 1.82) is 0 Å². The molecule has 0 aliphatic carbocycles. The summed E-state index contributed by atoms with van der Waals surface area (Å²) < 4.78 is 5.40. The fourth-order valence-electron chi connectivity index (χ4n) is 2.67. The fraction of sp³-hybridized carbons (Fsp3) is 0.154. The molecule has 0 atom stereocenters. The summed E-state index contributed by atoms with van der Waals surface area (Å²) in [5.41, 5.74) is 2.88. The SMILES string of the molecule is CC(C)(C)c1ccc(C(=O)Oc2ccc(C(=O)C#Cc3ccccc3)cc2)cc1. The summed E-state index contributed by atoms with van der Waals surface area (Å²) in [5.74, 6) is 5.12. The van der Waals surface area contributed by atoms with Gasteiger partial charge in [0.05, 0.1) is 5.56 Å². The molecule has 29 heavy (non-hydrogen) atoms. The first-order valence-electron chi connectivity index (χ1n) is 9.37. The summed E-state index contributed by atoms with van der Waals surface area (Å²) >= 11 is 0. The minimum Gasteiger partial charge on any atom is -0.423 e. The second-order valence-electron chi connectivity index (χ2n) is 7.69. The van der Waals surface area contributed by atoms with E-state index in [1.807, 2.05) is 42.5 Å². The van der Waals surface area contributed by atoms with E-state index in [1.54, 1.807) is 36.4 Å². The summed E-state index contributed by atoms with van der Waals surface area (Å²) in [7, 11) is 0. The van der Waals surface area contributed by atoms with Crippen LogP contribution in [0.5, 0.6) is 5.75 Å². The van der Waals surface area contributed by atoms with E-state index >= 15 is 0 Å². The third kappa shape index (κ3) is 5.43. The van der Waals surface area contributed by atoms with E-state index in [4.69, 9.17) is 4.74 Å². The quantitative estimate of drug-likeness (QED) is 0.262. The molecule has 0 aromatic heterocycles. The molecule has 3 nitrogen and oxygen atoms in total. The average molecular weight is 382 g/mol. The maximum absolute atomic E-state index is 12.3. The molecule has 144 valence electrons. The van der Waals surface area contributed by atoms with Crippen LogP contribution >= 0.6 is 0 Å². The van der Waals surface area contributed by atoms with E-state index < -0.39 is 5.97 Å². The van der Waals surface area contributed by atoms with Crippen LogP contribution in [-0.2, 0) is 5.41 Å². The number of hydrogen-bond donors (Lipinski definition) is 0. The van der Waals surface area contributed by atoms with Crippen LogP contribution in [0, 0.1) is 11.8 Å². The normalized spacial score (nSPS) is 10.6. The molecule has 3 heteroatoms. The van der Waals surface area contributed by atoms with E-state index in [-0.39, 0.29) is 11.2 Å². The first-order valence-corrected chi connectivity index (χ1v) is 9.37. The Balaban J connectivity index is 1.65. The molecule has 0 N–H and O–H groups in total. The van der Waals surface area contributed by atoms with Gasteiger partial charge in [0.1, 0.15) is 5.75 Å². The van der Waals surface area contributed by atoms with Crippen LogP contribution in [0.15, 0.2) is 78.9 Å². The second kappa shape index (κ2) is 8.58. The molecule has 0 fully saturated rings. The first kappa shape index (κ1) is 20.1. The molecule has 3 rings (SSSR count). The zero-order valence-corrected chi connectivity index (χ0v) is 16.7. The molecule has 0 aliphatic heterocycles. The lowest BCUT2D eigenvalue weighted by molar-refractivity contribution is 0.0734. The molecular formula is C26H22O3. The Bertz CT molecular complexity index is 1060. The molecular weight excluding hydrogens is 360 g/mol. The van der Waals surface area contributed by atoms with E-state index in [1.165, 1.54) is 0 Å². The number of esters is 1. The Morgan fingerprint density at radius 1 is 0.759 bits per heavy atom. The number of benzene rings is 3. The maximum atomic E-state index is 12.3. The summed E-state index contributed by atoms with van der Waals surface area (Å²) in [6, 6.07) is 23.1. The zero-order chi connectivity index (χ0) is 20.9. The Hall–Kier alpha value is -3.64. The lowest BCUT2D eigenvalue weighted by atomic mass is 9.87. The highest BCUT2D eigenvalue weighted by atomic mass is 16.5. The van der Waals surface area contributed by atoms with Gasteiger partial charge in [0.15, 0.2) is 0 Å². The third-order valence-electron chi connectivity index (χ3n) is 4.41. The largest absolute Gasteiger partial charge is 0.423 e. The van der Waals surface area contributed by atoms with Gasteiger partial charge in [0, 0.05) is 11.1 Å². The zero-order valence-electron chi connectivity index (χ0n) is 16.7. The number of Topliss-reactive ketones (excluding diaryl/α,β-unsaturated/α-hetero) is 1. The molecule has 0 aliphatic rings. The third-order valence-corrected chi connectivity index (χ3v) is 4.41. The standard InChI is InChI=1S/C26H22O3/c1-26(2,3)22-14-10-21(11-15-22)25(28)29-23-16-12-20(13-17-23)24(27)18-9-19-7-5-4-6-8-19/h4-8,10-17H,1-3H3. The van der Waals surface area contributed by atoms with Crippen LogP contribution in [-0.4, -0.2) is 11.8 Å². The molecule has 0 radical (unpaired) electrons. The Morgan fingerprint density at radius 3 is 1.93 bits per heavy atom. The predicted molar refractivity (Wildman–Crippen MR) is 114 cm³/mol. The molecule has 0 saturated heterocycles. The monoisotopic (exact) mass is 382 g/mol. The van der Waals surface area contributed by atoms with Crippen molar-refractivity contribution in [2.75, 3.05) is 0 Å². The summed E-state index contributed by atoms with van der Waals surface area (Å²) in [4.78, 5) is 24.5. The molecule has 0 amide bonds. The van der Waals surface area contributed by atoms with Gasteiger partial charge in [-0.1, -0.05) is 57.0 Å². The Kier molecular flexibility index (Phi) is 5.95. The predicted octanol–water partition coefficient (Wildman–Crippen LogP) is 5.44. The van der Waals surface area contributed by atoms with Gasteiger partial charge in [-0.3, -0.25) is 4.79 Å². The number of rotatable bonds is 3. The highest BCUT2D eigenvalue weighted by Crippen LogP contribution is 2.23. The number of ketones is 1. The van der Waals surface area contributed by atoms with Gasteiger partial charge in [-0.2, -0.15) is 0 Å². The Morgan fingerprint density at radius 2 is 1.34 bits per heavy atom. The number of hydrogen-bond acceptors (Lipinski definition) is 3. The molecule has 3 aromatic rings. The van der Waals surface area contributed by atoms with E-state index in [0.717, 1.165) is 11.1 Å². The minimum atomic E-state index is -0.437. The fourth-order valence-corrected chi connectivity index (χ4v) is 2.67. The van der Waals surface area contributed by atoms with Crippen molar-refractivity contribution in [2.45, 2.75) is 26.2 Å². The number of carbonyl (C=O) groups is 2. The summed E-state index contributed by atoms with van der Waals surface area (Å²) in [6.07, 6.45) is 0. The lowest BCUT2D eigenvalue weighted by Crippen LogP contribution is -2.13. The molecule has 0 heterocycles. The topological polar surface area (TPSA) is 43.4 Å². The number of carbonyl (C=O) groups excluding carboxylic acids is 2. The van der Waals surface area contributed by atoms with Crippen LogP contribution in [0.3, 0.4) is 0 Å². The van der Waals surface area contributed by atoms with Crippen molar-refractivity contribution in [2.24, 2.45) is 0 Å². The lowest BCUT2D eigenvalue weighted by Gasteiger charge is -2.18. The Labute approximate surface area is 171 Å². The van der Waals surface area contributed by atoms with Crippen molar-refractivity contribution >= 4 is 11.8 Å². The average Bonchev–Trinajstić information content (AvgIpc) is 2.73. The van der Waals surface area contributed by atoms with Crippen LogP contribution in [0.4, 0.5) is 0 Å². The molecule has 0 saturated carbocycles. The second-order valence-corrected chi connectivity index (χ2v) is 7.69. The van der Waals surface area contributed by atoms with E-state index in [9.17, 15) is 9.59 Å². The summed E-state index contributed by atoms with van der Waals surface area (Å²) in [5, 5.41) is 0. The molecule has 0 spiro atoms. The smallest absolute Gasteiger partial charge is 0.343 e. The number of ether oxygens (including phenoxy) is 1. The highest BCUT2D eigenvalue weighted by Gasteiger charge is 2.15. The molecule has 0 unspecified atom stereocenters.